The molecule has 25 heavy (non-hydrogen) atoms. The Labute approximate surface area is 150 Å². The molecule has 3 rings (SSSR count). The summed E-state index contributed by atoms with van der Waals surface area (Å²) in [4.78, 5) is 33.4. The van der Waals surface area contributed by atoms with Crippen molar-refractivity contribution in [3.8, 4) is 0 Å². The molecule has 1 amide bonds. The van der Waals surface area contributed by atoms with E-state index in [1.807, 2.05) is 25.3 Å². The van der Waals surface area contributed by atoms with Gasteiger partial charge in [0.1, 0.15) is 5.82 Å². The van der Waals surface area contributed by atoms with Crippen molar-refractivity contribution in [2.24, 2.45) is 11.8 Å². The highest BCUT2D eigenvalue weighted by Gasteiger charge is 2.46. The SMILES string of the molecule is CC(C)COC(=O)C1CC1c1cc(C(=O)NCc2ncccn2)cs1. The third-order valence-electron chi connectivity index (χ3n) is 3.93. The second-order valence-electron chi connectivity index (χ2n) is 6.56. The van der Waals surface area contributed by atoms with Gasteiger partial charge < -0.3 is 10.1 Å². The lowest BCUT2D eigenvalue weighted by Crippen LogP contribution is -2.23. The summed E-state index contributed by atoms with van der Waals surface area (Å²) in [5, 5.41) is 4.63. The molecule has 2 atom stereocenters. The van der Waals surface area contributed by atoms with Gasteiger partial charge in [-0.3, -0.25) is 9.59 Å². The van der Waals surface area contributed by atoms with E-state index >= 15 is 0 Å². The second kappa shape index (κ2) is 7.74. The normalized spacial score (nSPS) is 18.8. The quantitative estimate of drug-likeness (QED) is 0.769. The van der Waals surface area contributed by atoms with Crippen LogP contribution in [0.25, 0.3) is 0 Å². The smallest absolute Gasteiger partial charge is 0.309 e. The highest BCUT2D eigenvalue weighted by Crippen LogP contribution is 2.50. The van der Waals surface area contributed by atoms with Crippen molar-refractivity contribution in [1.29, 1.82) is 0 Å². The molecule has 6 nitrogen and oxygen atoms in total. The monoisotopic (exact) mass is 359 g/mol. The molecule has 1 aliphatic carbocycles. The number of carbonyl (C=O) groups is 2. The summed E-state index contributed by atoms with van der Waals surface area (Å²) in [6.07, 6.45) is 4.09. The van der Waals surface area contributed by atoms with Crippen LogP contribution in [0.3, 0.4) is 0 Å². The minimum Gasteiger partial charge on any atom is -0.465 e. The Morgan fingerprint density at radius 1 is 1.36 bits per heavy atom. The Kier molecular flexibility index (Phi) is 5.43. The first-order valence-corrected chi connectivity index (χ1v) is 9.21. The van der Waals surface area contributed by atoms with Crippen LogP contribution in [-0.4, -0.2) is 28.5 Å². The molecule has 132 valence electrons. The lowest BCUT2D eigenvalue weighted by molar-refractivity contribution is -0.146. The summed E-state index contributed by atoms with van der Waals surface area (Å²) in [5.74, 6) is 0.747. The van der Waals surface area contributed by atoms with Crippen molar-refractivity contribution >= 4 is 23.2 Å². The molecule has 0 aromatic carbocycles. The first-order valence-electron chi connectivity index (χ1n) is 8.33. The van der Waals surface area contributed by atoms with Crippen LogP contribution in [0.1, 0.15) is 47.2 Å². The van der Waals surface area contributed by atoms with E-state index in [0.717, 1.165) is 11.3 Å². The van der Waals surface area contributed by atoms with E-state index in [2.05, 4.69) is 15.3 Å². The van der Waals surface area contributed by atoms with Gasteiger partial charge in [-0.1, -0.05) is 13.8 Å². The second-order valence-corrected chi connectivity index (χ2v) is 7.50. The fourth-order valence-electron chi connectivity index (χ4n) is 2.47. The van der Waals surface area contributed by atoms with Gasteiger partial charge in [-0.2, -0.15) is 0 Å². The molecular weight excluding hydrogens is 338 g/mol. The van der Waals surface area contributed by atoms with Crippen LogP contribution in [0.15, 0.2) is 29.9 Å². The molecule has 0 bridgehead atoms. The van der Waals surface area contributed by atoms with Crippen molar-refractivity contribution in [2.45, 2.75) is 32.7 Å². The van der Waals surface area contributed by atoms with Gasteiger partial charge in [0.25, 0.3) is 5.91 Å². The lowest BCUT2D eigenvalue weighted by atomic mass is 10.2. The topological polar surface area (TPSA) is 81.2 Å². The number of hydrogen-bond donors (Lipinski definition) is 1. The van der Waals surface area contributed by atoms with Crippen LogP contribution in [0.4, 0.5) is 0 Å². The zero-order valence-electron chi connectivity index (χ0n) is 14.3. The van der Waals surface area contributed by atoms with E-state index in [9.17, 15) is 9.59 Å². The number of ether oxygens (including phenoxy) is 1. The summed E-state index contributed by atoms with van der Waals surface area (Å²) in [6.45, 7) is 4.78. The van der Waals surface area contributed by atoms with E-state index in [1.54, 1.807) is 18.5 Å². The molecule has 7 heteroatoms. The molecule has 0 aliphatic heterocycles. The summed E-state index contributed by atoms with van der Waals surface area (Å²) < 4.78 is 5.29. The van der Waals surface area contributed by atoms with Gasteiger partial charge in [0, 0.05) is 28.6 Å². The van der Waals surface area contributed by atoms with Crippen molar-refractivity contribution < 1.29 is 14.3 Å². The van der Waals surface area contributed by atoms with Crippen LogP contribution in [0, 0.1) is 11.8 Å². The predicted octanol–water partition coefficient (Wildman–Crippen LogP) is 2.77. The Balaban J connectivity index is 1.51. The van der Waals surface area contributed by atoms with Crippen LogP contribution < -0.4 is 5.32 Å². The van der Waals surface area contributed by atoms with Gasteiger partial charge in [-0.25, -0.2) is 9.97 Å². The van der Waals surface area contributed by atoms with E-state index in [-0.39, 0.29) is 23.7 Å². The summed E-state index contributed by atoms with van der Waals surface area (Å²) in [7, 11) is 0. The number of esters is 1. The Bertz CT molecular complexity index is 745. The van der Waals surface area contributed by atoms with Gasteiger partial charge in [-0.15, -0.1) is 11.3 Å². The molecule has 1 fully saturated rings. The van der Waals surface area contributed by atoms with Crippen LogP contribution in [-0.2, 0) is 16.1 Å². The maximum atomic E-state index is 12.2. The summed E-state index contributed by atoms with van der Waals surface area (Å²) >= 11 is 1.52. The predicted molar refractivity (Wildman–Crippen MR) is 94.2 cm³/mol. The van der Waals surface area contributed by atoms with Gasteiger partial charge in [-0.05, 0) is 24.5 Å². The molecule has 0 radical (unpaired) electrons. The number of amides is 1. The van der Waals surface area contributed by atoms with Crippen molar-refractivity contribution in [1.82, 2.24) is 15.3 Å². The average Bonchev–Trinajstić information content (AvgIpc) is 3.27. The summed E-state index contributed by atoms with van der Waals surface area (Å²) in [6, 6.07) is 3.60. The van der Waals surface area contributed by atoms with Crippen LogP contribution in [0.2, 0.25) is 0 Å². The minimum absolute atomic E-state index is 0.0639. The molecule has 1 N–H and O–H groups in total. The number of nitrogens with one attached hydrogen (secondary N) is 1. The Morgan fingerprint density at radius 2 is 2.12 bits per heavy atom. The first-order chi connectivity index (χ1) is 12.0. The zero-order valence-corrected chi connectivity index (χ0v) is 15.1. The zero-order chi connectivity index (χ0) is 17.8. The van der Waals surface area contributed by atoms with E-state index < -0.39 is 0 Å². The van der Waals surface area contributed by atoms with Crippen LogP contribution in [0.5, 0.6) is 0 Å². The van der Waals surface area contributed by atoms with Crippen molar-refractivity contribution in [3.63, 3.8) is 0 Å². The fourth-order valence-corrected chi connectivity index (χ4v) is 3.54. The number of aromatic nitrogens is 2. The fraction of sp³-hybridized carbons (Fsp3) is 0.444. The first kappa shape index (κ1) is 17.5. The molecule has 1 saturated carbocycles. The van der Waals surface area contributed by atoms with Crippen LogP contribution >= 0.6 is 11.3 Å². The van der Waals surface area contributed by atoms with E-state index in [0.29, 0.717) is 30.5 Å². The highest BCUT2D eigenvalue weighted by atomic mass is 32.1. The maximum Gasteiger partial charge on any atom is 0.309 e. The number of rotatable bonds is 7. The van der Waals surface area contributed by atoms with Gasteiger partial charge >= 0.3 is 5.97 Å². The van der Waals surface area contributed by atoms with Crippen molar-refractivity contribution in [3.05, 3.63) is 46.2 Å². The van der Waals surface area contributed by atoms with E-state index in [4.69, 9.17) is 4.74 Å². The summed E-state index contributed by atoms with van der Waals surface area (Å²) in [5.41, 5.74) is 0.608. The molecule has 0 spiro atoms. The standard InChI is InChI=1S/C18H21N3O3S/c1-11(2)9-24-18(23)14-7-13(14)15-6-12(10-25-15)17(22)21-8-16-19-4-3-5-20-16/h3-6,10-11,13-14H,7-9H2,1-2H3,(H,21,22). The van der Waals surface area contributed by atoms with Gasteiger partial charge in [0.15, 0.2) is 0 Å². The Hall–Kier alpha value is -2.28. The molecule has 2 aromatic heterocycles. The lowest BCUT2D eigenvalue weighted by Gasteiger charge is -2.06. The number of carbonyl (C=O) groups excluding carboxylic acids is 2. The molecule has 2 aromatic rings. The molecule has 0 saturated heterocycles. The van der Waals surface area contributed by atoms with E-state index in [1.165, 1.54) is 11.3 Å². The molecule has 2 heterocycles. The number of hydrogen-bond acceptors (Lipinski definition) is 6. The number of nitrogens with zero attached hydrogens (tertiary/aromatic N) is 2. The largest absolute Gasteiger partial charge is 0.465 e. The minimum atomic E-state index is -0.158. The third-order valence-corrected chi connectivity index (χ3v) is 4.99. The van der Waals surface area contributed by atoms with Gasteiger partial charge in [0.05, 0.1) is 24.6 Å². The number of thiophene rings is 1. The van der Waals surface area contributed by atoms with Crippen molar-refractivity contribution in [2.75, 3.05) is 6.61 Å². The molecule has 2 unspecified atom stereocenters. The molecule has 1 aliphatic rings. The Morgan fingerprint density at radius 3 is 2.84 bits per heavy atom. The average molecular weight is 359 g/mol. The van der Waals surface area contributed by atoms with Gasteiger partial charge in [0.2, 0.25) is 0 Å². The maximum absolute atomic E-state index is 12.2. The third kappa shape index (κ3) is 4.63. The highest BCUT2D eigenvalue weighted by molar-refractivity contribution is 7.10. The molecular formula is C18H21N3O3S.